The molecule has 1 saturated heterocycles. The summed E-state index contributed by atoms with van der Waals surface area (Å²) in [7, 11) is -0.800. The average Bonchev–Trinajstić information content (AvgIpc) is 2.65. The molecule has 3 rings (SSSR count). The zero-order chi connectivity index (χ0) is 17.9. The van der Waals surface area contributed by atoms with Crippen LogP contribution in [0, 0.1) is 6.08 Å². The van der Waals surface area contributed by atoms with E-state index in [4.69, 9.17) is 9.31 Å². The molecule has 1 aliphatic rings. The first-order chi connectivity index (χ1) is 10.9. The number of halogens is 3. The molecule has 0 spiro atoms. The van der Waals surface area contributed by atoms with Gasteiger partial charge < -0.3 is 9.31 Å². The molecule has 2 aromatic rings. The van der Waals surface area contributed by atoms with Crippen molar-refractivity contribution in [2.24, 2.45) is 0 Å². The first-order valence-corrected chi connectivity index (χ1v) is 7.61. The smallest absolute Gasteiger partial charge is 0.399 e. The molecule has 1 aromatic heterocycles. The van der Waals surface area contributed by atoms with Gasteiger partial charge in [-0.25, -0.2) is 18.7 Å². The first kappa shape index (κ1) is 17.2. The Morgan fingerprint density at radius 3 is 2.21 bits per heavy atom. The van der Waals surface area contributed by atoms with Crippen LogP contribution in [0.3, 0.4) is 0 Å². The molecule has 0 aliphatic carbocycles. The molecule has 24 heavy (non-hydrogen) atoms. The summed E-state index contributed by atoms with van der Waals surface area (Å²) in [4.78, 5) is 6.98. The largest absolute Gasteiger partial charge is 0.494 e. The van der Waals surface area contributed by atoms with E-state index in [1.807, 2.05) is 27.7 Å². The number of aromatic nitrogens is 2. The maximum atomic E-state index is 14.0. The van der Waals surface area contributed by atoms with Crippen LogP contribution in [0.2, 0.25) is 0 Å². The topological polar surface area (TPSA) is 44.2 Å². The third-order valence-electron chi connectivity index (χ3n) is 4.67. The Bertz CT molecular complexity index is 790. The van der Waals surface area contributed by atoms with E-state index in [9.17, 15) is 13.2 Å². The Morgan fingerprint density at radius 2 is 1.67 bits per heavy atom. The SMILES string of the molecule is CC(F)(F)c1cc(B2OC(C)(C)C(C)(C)O2)cc2cnc(F)nc12. The van der Waals surface area contributed by atoms with Crippen LogP contribution in [0.15, 0.2) is 18.3 Å². The normalized spacial score (nSPS) is 19.9. The van der Waals surface area contributed by atoms with E-state index in [2.05, 4.69) is 9.97 Å². The highest BCUT2D eigenvalue weighted by Gasteiger charge is 2.52. The number of hydrogen-bond acceptors (Lipinski definition) is 4. The van der Waals surface area contributed by atoms with Crippen molar-refractivity contribution in [3.63, 3.8) is 0 Å². The molecule has 128 valence electrons. The highest BCUT2D eigenvalue weighted by Crippen LogP contribution is 2.37. The molecule has 0 bridgehead atoms. The molecule has 8 heteroatoms. The predicted molar refractivity (Wildman–Crippen MR) is 84.8 cm³/mol. The molecule has 0 saturated carbocycles. The number of fused-ring (bicyclic) bond motifs is 1. The minimum Gasteiger partial charge on any atom is -0.399 e. The van der Waals surface area contributed by atoms with Crippen LogP contribution in [-0.4, -0.2) is 28.3 Å². The molecule has 0 N–H and O–H groups in total. The lowest BCUT2D eigenvalue weighted by molar-refractivity contribution is 0.00578. The molecule has 0 atom stereocenters. The fourth-order valence-electron chi connectivity index (χ4n) is 2.60. The Hall–Kier alpha value is -1.67. The number of alkyl halides is 2. The lowest BCUT2D eigenvalue weighted by Gasteiger charge is -2.32. The quantitative estimate of drug-likeness (QED) is 0.623. The van der Waals surface area contributed by atoms with Gasteiger partial charge in [0.1, 0.15) is 0 Å². The van der Waals surface area contributed by atoms with E-state index in [1.165, 1.54) is 12.3 Å². The Balaban J connectivity index is 2.16. The van der Waals surface area contributed by atoms with E-state index in [1.54, 1.807) is 6.07 Å². The van der Waals surface area contributed by atoms with Gasteiger partial charge in [-0.15, -0.1) is 0 Å². The van der Waals surface area contributed by atoms with Crippen molar-refractivity contribution in [1.29, 1.82) is 0 Å². The fraction of sp³-hybridized carbons (Fsp3) is 0.500. The van der Waals surface area contributed by atoms with Gasteiger partial charge in [0.05, 0.1) is 16.7 Å². The molecule has 0 radical (unpaired) electrons. The number of hydrogen-bond donors (Lipinski definition) is 0. The van der Waals surface area contributed by atoms with Crippen LogP contribution in [0.5, 0.6) is 0 Å². The third kappa shape index (κ3) is 2.78. The van der Waals surface area contributed by atoms with Crippen molar-refractivity contribution in [2.45, 2.75) is 51.7 Å². The maximum absolute atomic E-state index is 14.0. The summed E-state index contributed by atoms with van der Waals surface area (Å²) in [6.07, 6.45) is 0.137. The van der Waals surface area contributed by atoms with Crippen LogP contribution in [0.25, 0.3) is 10.9 Å². The van der Waals surface area contributed by atoms with Crippen molar-refractivity contribution in [1.82, 2.24) is 9.97 Å². The summed E-state index contributed by atoms with van der Waals surface area (Å²) in [6, 6.07) is 2.85. The van der Waals surface area contributed by atoms with Gasteiger partial charge in [-0.1, -0.05) is 12.1 Å². The Labute approximate surface area is 138 Å². The van der Waals surface area contributed by atoms with Gasteiger partial charge in [0, 0.05) is 24.1 Å². The van der Waals surface area contributed by atoms with Crippen LogP contribution in [0.1, 0.15) is 40.2 Å². The van der Waals surface area contributed by atoms with E-state index in [0.717, 1.165) is 6.92 Å². The standard InChI is InChI=1S/C16H18BF3N2O2/c1-14(2)15(3,4)24-17(23-14)10-6-9-8-21-13(18)22-12(9)11(7-10)16(5,19)20/h6-8H,1-5H3. The van der Waals surface area contributed by atoms with Gasteiger partial charge in [-0.05, 0) is 33.2 Å². The average molecular weight is 338 g/mol. The molecule has 2 heterocycles. The summed E-state index contributed by atoms with van der Waals surface area (Å²) < 4.78 is 53.2. The number of benzene rings is 1. The lowest BCUT2D eigenvalue weighted by atomic mass is 9.77. The van der Waals surface area contributed by atoms with Gasteiger partial charge in [-0.2, -0.15) is 4.39 Å². The Morgan fingerprint density at radius 1 is 1.08 bits per heavy atom. The highest BCUT2D eigenvalue weighted by molar-refractivity contribution is 6.62. The maximum Gasteiger partial charge on any atom is 0.494 e. The summed E-state index contributed by atoms with van der Waals surface area (Å²) in [6.45, 7) is 8.25. The molecule has 0 amide bonds. The van der Waals surface area contributed by atoms with Crippen LogP contribution in [0.4, 0.5) is 13.2 Å². The second kappa shape index (κ2) is 5.16. The molecule has 0 unspecified atom stereocenters. The Kier molecular flexibility index (Phi) is 3.69. The minimum absolute atomic E-state index is 0.115. The fourth-order valence-corrected chi connectivity index (χ4v) is 2.60. The van der Waals surface area contributed by atoms with E-state index >= 15 is 0 Å². The molecular formula is C16H18BF3N2O2. The molecule has 4 nitrogen and oxygen atoms in total. The van der Waals surface area contributed by atoms with Crippen LogP contribution >= 0.6 is 0 Å². The van der Waals surface area contributed by atoms with Gasteiger partial charge in [-0.3, -0.25) is 0 Å². The molecule has 1 aromatic carbocycles. The number of rotatable bonds is 2. The second-order valence-electron chi connectivity index (χ2n) is 7.12. The summed E-state index contributed by atoms with van der Waals surface area (Å²) in [5, 5.41) is 0.306. The monoisotopic (exact) mass is 338 g/mol. The van der Waals surface area contributed by atoms with Gasteiger partial charge in [0.25, 0.3) is 5.92 Å². The highest BCUT2D eigenvalue weighted by atomic mass is 19.3. The third-order valence-corrected chi connectivity index (χ3v) is 4.67. The van der Waals surface area contributed by atoms with Crippen LogP contribution in [-0.2, 0) is 15.2 Å². The van der Waals surface area contributed by atoms with Crippen molar-refractivity contribution >= 4 is 23.5 Å². The van der Waals surface area contributed by atoms with E-state index < -0.39 is 30.3 Å². The first-order valence-electron chi connectivity index (χ1n) is 7.61. The van der Waals surface area contributed by atoms with Crippen LogP contribution < -0.4 is 5.46 Å². The lowest BCUT2D eigenvalue weighted by Crippen LogP contribution is -2.41. The summed E-state index contributed by atoms with van der Waals surface area (Å²) in [5.74, 6) is -3.20. The molecular weight excluding hydrogens is 320 g/mol. The molecule has 1 fully saturated rings. The van der Waals surface area contributed by atoms with Crippen molar-refractivity contribution in [2.75, 3.05) is 0 Å². The van der Waals surface area contributed by atoms with Gasteiger partial charge in [0.15, 0.2) is 0 Å². The van der Waals surface area contributed by atoms with Crippen molar-refractivity contribution < 1.29 is 22.5 Å². The van der Waals surface area contributed by atoms with E-state index in [-0.39, 0.29) is 11.1 Å². The van der Waals surface area contributed by atoms with Gasteiger partial charge in [0.2, 0.25) is 0 Å². The minimum atomic E-state index is -3.20. The summed E-state index contributed by atoms with van der Waals surface area (Å²) in [5.41, 5.74) is -1.27. The zero-order valence-electron chi connectivity index (χ0n) is 14.2. The predicted octanol–water partition coefficient (Wildman–Crippen LogP) is 3.18. The van der Waals surface area contributed by atoms with Gasteiger partial charge >= 0.3 is 13.2 Å². The molecule has 1 aliphatic heterocycles. The van der Waals surface area contributed by atoms with Crippen molar-refractivity contribution in [3.8, 4) is 0 Å². The van der Waals surface area contributed by atoms with Crippen molar-refractivity contribution in [3.05, 3.63) is 30.0 Å². The zero-order valence-corrected chi connectivity index (χ0v) is 14.2. The second-order valence-corrected chi connectivity index (χ2v) is 7.12. The number of nitrogens with zero attached hydrogens (tertiary/aromatic N) is 2. The van der Waals surface area contributed by atoms with E-state index in [0.29, 0.717) is 10.8 Å². The summed E-state index contributed by atoms with van der Waals surface area (Å²) >= 11 is 0.